The number of hydrogen-bond acceptors (Lipinski definition) is 6. The number of ether oxygens (including phenoxy) is 1. The first-order chi connectivity index (χ1) is 17.2. The Balaban J connectivity index is 0.000000275. The number of aromatic nitrogens is 1. The molecule has 0 aliphatic carbocycles. The second-order valence-electron chi connectivity index (χ2n) is 8.33. The van der Waals surface area contributed by atoms with Gasteiger partial charge in [0.25, 0.3) is 0 Å². The van der Waals surface area contributed by atoms with Gasteiger partial charge in [-0.1, -0.05) is 23.7 Å². The number of primary amides is 1. The zero-order valence-electron chi connectivity index (χ0n) is 19.9. The second kappa shape index (κ2) is 12.2. The van der Waals surface area contributed by atoms with Crippen LogP contribution in [0.1, 0.15) is 35.7 Å². The smallest absolute Gasteiger partial charge is 0.310 e. The molecule has 0 radical (unpaired) electrons. The highest BCUT2D eigenvalue weighted by molar-refractivity contribution is 6.32. The summed E-state index contributed by atoms with van der Waals surface area (Å²) in [7, 11) is 0. The number of fused-ring (bicyclic) bond motifs is 1. The number of halogens is 1. The standard InChI is InChI=1S/C19H23N3O3.C7H6ClNO2/c1-2-25-19(24)15-6-4-9-22(12-15)18(23)13-21-10-8-16-14(11-20)5-3-7-17(16)21;8-5-3-4(7(9)11)1-2-6(5)10/h3,5,7-8,10-11,15,20H,2,4,6,9,12-13H2,1H3;1-3,10H,(H2,9,11). The Morgan fingerprint density at radius 2 is 2.03 bits per heavy atom. The largest absolute Gasteiger partial charge is 0.506 e. The zero-order chi connectivity index (χ0) is 26.2. The van der Waals surface area contributed by atoms with E-state index in [1.165, 1.54) is 24.4 Å². The third-order valence-electron chi connectivity index (χ3n) is 5.93. The van der Waals surface area contributed by atoms with Crippen molar-refractivity contribution in [1.82, 2.24) is 9.47 Å². The summed E-state index contributed by atoms with van der Waals surface area (Å²) in [4.78, 5) is 36.9. The Hall–Kier alpha value is -3.85. The topological polar surface area (TPSA) is 139 Å². The van der Waals surface area contributed by atoms with Gasteiger partial charge in [0, 0.05) is 47.5 Å². The molecule has 1 fully saturated rings. The van der Waals surface area contributed by atoms with E-state index in [1.54, 1.807) is 11.8 Å². The minimum Gasteiger partial charge on any atom is -0.506 e. The molecular weight excluding hydrogens is 484 g/mol. The van der Waals surface area contributed by atoms with E-state index in [-0.39, 0.29) is 40.7 Å². The maximum Gasteiger partial charge on any atom is 0.310 e. The Morgan fingerprint density at radius 3 is 2.69 bits per heavy atom. The summed E-state index contributed by atoms with van der Waals surface area (Å²) in [5.41, 5.74) is 7.01. The van der Waals surface area contributed by atoms with Crippen LogP contribution in [-0.4, -0.2) is 58.3 Å². The van der Waals surface area contributed by atoms with Crippen molar-refractivity contribution in [2.24, 2.45) is 11.7 Å². The molecule has 3 aromatic rings. The molecule has 10 heteroatoms. The van der Waals surface area contributed by atoms with Crippen LogP contribution in [-0.2, 0) is 20.9 Å². The number of esters is 1. The van der Waals surface area contributed by atoms with E-state index in [1.807, 2.05) is 35.0 Å². The fourth-order valence-corrected chi connectivity index (χ4v) is 4.25. The number of carbonyl (C=O) groups is 3. The third-order valence-corrected chi connectivity index (χ3v) is 6.24. The molecule has 0 spiro atoms. The normalized spacial score (nSPS) is 15.1. The average Bonchev–Trinajstić information content (AvgIpc) is 3.29. The highest BCUT2D eigenvalue weighted by atomic mass is 35.5. The molecule has 0 bridgehead atoms. The van der Waals surface area contributed by atoms with E-state index in [9.17, 15) is 14.4 Å². The molecule has 190 valence electrons. The van der Waals surface area contributed by atoms with E-state index in [2.05, 4.69) is 0 Å². The predicted molar refractivity (Wildman–Crippen MR) is 137 cm³/mol. The van der Waals surface area contributed by atoms with E-state index < -0.39 is 5.91 Å². The maximum atomic E-state index is 12.7. The van der Waals surface area contributed by atoms with Crippen molar-refractivity contribution in [3.63, 3.8) is 0 Å². The molecule has 1 aromatic heterocycles. The number of rotatable bonds is 6. The lowest BCUT2D eigenvalue weighted by molar-refractivity contribution is -0.151. The van der Waals surface area contributed by atoms with Crippen molar-refractivity contribution >= 4 is 46.5 Å². The Morgan fingerprint density at radius 1 is 1.25 bits per heavy atom. The average molecular weight is 513 g/mol. The summed E-state index contributed by atoms with van der Waals surface area (Å²) in [5, 5.41) is 17.5. The monoisotopic (exact) mass is 512 g/mol. The van der Waals surface area contributed by atoms with Crippen LogP contribution in [0.5, 0.6) is 5.75 Å². The minimum atomic E-state index is -0.563. The number of amides is 2. The van der Waals surface area contributed by atoms with Crippen LogP contribution < -0.4 is 5.73 Å². The first kappa shape index (κ1) is 26.7. The van der Waals surface area contributed by atoms with Crippen LogP contribution in [0.2, 0.25) is 5.02 Å². The summed E-state index contributed by atoms with van der Waals surface area (Å²) < 4.78 is 7.00. The number of hydrogen-bond donors (Lipinski definition) is 3. The number of aromatic hydroxyl groups is 1. The van der Waals surface area contributed by atoms with Crippen LogP contribution in [0.15, 0.2) is 48.7 Å². The number of carbonyl (C=O) groups excluding carboxylic acids is 3. The van der Waals surface area contributed by atoms with Gasteiger partial charge in [-0.15, -0.1) is 0 Å². The molecule has 36 heavy (non-hydrogen) atoms. The summed E-state index contributed by atoms with van der Waals surface area (Å²) in [6.07, 6.45) is 4.79. The van der Waals surface area contributed by atoms with Gasteiger partial charge in [0.05, 0.1) is 17.5 Å². The van der Waals surface area contributed by atoms with Crippen molar-refractivity contribution in [3.8, 4) is 5.75 Å². The molecule has 1 saturated heterocycles. The van der Waals surface area contributed by atoms with Crippen LogP contribution in [0.4, 0.5) is 0 Å². The number of benzene rings is 2. The van der Waals surface area contributed by atoms with Crippen LogP contribution in [0.25, 0.3) is 10.9 Å². The fraction of sp³-hybridized carbons (Fsp3) is 0.308. The van der Waals surface area contributed by atoms with Gasteiger partial charge >= 0.3 is 5.97 Å². The maximum absolute atomic E-state index is 12.7. The summed E-state index contributed by atoms with van der Waals surface area (Å²) >= 11 is 5.50. The zero-order valence-corrected chi connectivity index (χ0v) is 20.7. The summed E-state index contributed by atoms with van der Waals surface area (Å²) in [5.74, 6) is -1.04. The molecule has 1 aliphatic heterocycles. The van der Waals surface area contributed by atoms with Crippen molar-refractivity contribution < 1.29 is 24.2 Å². The van der Waals surface area contributed by atoms with E-state index in [0.717, 1.165) is 29.3 Å². The number of phenolic OH excluding ortho intramolecular Hbond substituents is 1. The molecule has 0 saturated carbocycles. The predicted octanol–water partition coefficient (Wildman–Crippen LogP) is 3.59. The molecule has 2 aromatic carbocycles. The number of piperidine rings is 1. The molecule has 1 atom stereocenters. The molecule has 2 heterocycles. The van der Waals surface area contributed by atoms with Gasteiger partial charge in [-0.3, -0.25) is 14.4 Å². The fourth-order valence-electron chi connectivity index (χ4n) is 4.07. The van der Waals surface area contributed by atoms with Gasteiger partial charge in [-0.05, 0) is 50.1 Å². The quantitative estimate of drug-likeness (QED) is 0.342. The first-order valence-corrected chi connectivity index (χ1v) is 11.9. The van der Waals surface area contributed by atoms with Crippen molar-refractivity contribution in [2.75, 3.05) is 19.7 Å². The Kier molecular flexibility index (Phi) is 9.08. The van der Waals surface area contributed by atoms with E-state index in [0.29, 0.717) is 19.7 Å². The summed E-state index contributed by atoms with van der Waals surface area (Å²) in [6, 6.07) is 11.7. The van der Waals surface area contributed by atoms with E-state index in [4.69, 9.17) is 32.6 Å². The number of nitrogens with zero attached hydrogens (tertiary/aromatic N) is 2. The molecule has 1 aliphatic rings. The number of phenols is 1. The lowest BCUT2D eigenvalue weighted by Gasteiger charge is -2.31. The van der Waals surface area contributed by atoms with Gasteiger partial charge in [-0.25, -0.2) is 0 Å². The molecule has 1 unspecified atom stereocenters. The number of nitrogens with one attached hydrogen (secondary N) is 1. The van der Waals surface area contributed by atoms with Gasteiger partial charge < -0.3 is 30.5 Å². The van der Waals surface area contributed by atoms with Gasteiger partial charge in [-0.2, -0.15) is 0 Å². The lowest BCUT2D eigenvalue weighted by Crippen LogP contribution is -2.44. The molecule has 4 rings (SSSR count). The minimum absolute atomic E-state index is 0.00625. The Labute approximate surface area is 213 Å². The van der Waals surface area contributed by atoms with Gasteiger partial charge in [0.1, 0.15) is 12.3 Å². The van der Waals surface area contributed by atoms with Crippen LogP contribution in [0, 0.1) is 11.3 Å². The molecule has 4 N–H and O–H groups in total. The van der Waals surface area contributed by atoms with Crippen LogP contribution >= 0.6 is 11.6 Å². The van der Waals surface area contributed by atoms with Gasteiger partial charge in [0.2, 0.25) is 11.8 Å². The van der Waals surface area contributed by atoms with Crippen molar-refractivity contribution in [3.05, 3.63) is 64.8 Å². The molecule has 9 nitrogen and oxygen atoms in total. The summed E-state index contributed by atoms with van der Waals surface area (Å²) in [6.45, 7) is 3.51. The molecule has 2 amide bonds. The van der Waals surface area contributed by atoms with Crippen LogP contribution in [0.3, 0.4) is 0 Å². The van der Waals surface area contributed by atoms with Crippen molar-refractivity contribution in [2.45, 2.75) is 26.3 Å². The number of nitrogens with two attached hydrogens (primary N) is 1. The SMILES string of the molecule is CCOC(=O)C1CCCN(C(=O)Cn2ccc3c(C=N)cccc32)C1.NC(=O)c1ccc(O)c(Cl)c1. The third kappa shape index (κ3) is 6.42. The Bertz CT molecular complexity index is 1270. The molecular formula is C26H29ClN4O5. The highest BCUT2D eigenvalue weighted by Gasteiger charge is 2.29. The van der Waals surface area contributed by atoms with Gasteiger partial charge in [0.15, 0.2) is 0 Å². The lowest BCUT2D eigenvalue weighted by atomic mass is 9.98. The number of likely N-dealkylation sites (tertiary alicyclic amines) is 1. The van der Waals surface area contributed by atoms with Crippen molar-refractivity contribution in [1.29, 1.82) is 5.41 Å². The first-order valence-electron chi connectivity index (χ1n) is 11.6. The van der Waals surface area contributed by atoms with E-state index >= 15 is 0 Å². The highest BCUT2D eigenvalue weighted by Crippen LogP contribution is 2.23. The second-order valence-corrected chi connectivity index (χ2v) is 8.74.